The summed E-state index contributed by atoms with van der Waals surface area (Å²) in [6.45, 7) is 5.88. The number of rotatable bonds is 4. The van der Waals surface area contributed by atoms with E-state index in [1.165, 1.54) is 0 Å². The van der Waals surface area contributed by atoms with Gasteiger partial charge in [-0.25, -0.2) is 0 Å². The Balaban J connectivity index is 2.65. The minimum absolute atomic E-state index is 0.215. The maximum absolute atomic E-state index is 11.2. The first-order valence-electron chi connectivity index (χ1n) is 5.85. The van der Waals surface area contributed by atoms with Crippen LogP contribution in [0.25, 0.3) is 6.08 Å². The highest BCUT2D eigenvalue weighted by molar-refractivity contribution is 5.71. The molecule has 0 saturated carbocycles. The van der Waals surface area contributed by atoms with Crippen LogP contribution < -0.4 is 0 Å². The highest BCUT2D eigenvalue weighted by Gasteiger charge is 2.29. The van der Waals surface area contributed by atoms with Crippen LogP contribution in [0.1, 0.15) is 32.8 Å². The lowest BCUT2D eigenvalue weighted by molar-refractivity contribution is -0.145. The van der Waals surface area contributed by atoms with Gasteiger partial charge in [-0.1, -0.05) is 63.3 Å². The number of aliphatic carboxylic acids is 1. The van der Waals surface area contributed by atoms with Crippen LogP contribution in [0.5, 0.6) is 0 Å². The molecule has 2 heteroatoms. The molecule has 0 saturated heterocycles. The van der Waals surface area contributed by atoms with Crippen molar-refractivity contribution in [3.63, 3.8) is 0 Å². The SMILES string of the molecule is CC(C)(C)C(C/C=C/c1ccccc1)C(=O)O. The summed E-state index contributed by atoms with van der Waals surface area (Å²) >= 11 is 0. The topological polar surface area (TPSA) is 37.3 Å². The Morgan fingerprint density at radius 3 is 2.35 bits per heavy atom. The molecule has 92 valence electrons. The number of hydrogen-bond acceptors (Lipinski definition) is 1. The number of carbonyl (C=O) groups is 1. The van der Waals surface area contributed by atoms with Gasteiger partial charge >= 0.3 is 5.97 Å². The lowest BCUT2D eigenvalue weighted by atomic mass is 9.79. The molecular formula is C15H20O2. The third-order valence-electron chi connectivity index (χ3n) is 2.83. The molecule has 0 radical (unpaired) electrons. The zero-order chi connectivity index (χ0) is 12.9. The van der Waals surface area contributed by atoms with E-state index in [4.69, 9.17) is 0 Å². The zero-order valence-corrected chi connectivity index (χ0v) is 10.7. The van der Waals surface area contributed by atoms with Crippen molar-refractivity contribution in [2.45, 2.75) is 27.2 Å². The third kappa shape index (κ3) is 4.43. The fourth-order valence-corrected chi connectivity index (χ4v) is 1.73. The summed E-state index contributed by atoms with van der Waals surface area (Å²) in [5, 5.41) is 9.17. The van der Waals surface area contributed by atoms with Crippen molar-refractivity contribution in [1.29, 1.82) is 0 Å². The lowest BCUT2D eigenvalue weighted by Crippen LogP contribution is -2.27. The second-order valence-electron chi connectivity index (χ2n) is 5.31. The average molecular weight is 232 g/mol. The van der Waals surface area contributed by atoms with E-state index in [2.05, 4.69) is 0 Å². The molecule has 0 heterocycles. The molecule has 1 unspecified atom stereocenters. The van der Waals surface area contributed by atoms with Crippen molar-refractivity contribution in [3.05, 3.63) is 42.0 Å². The Hall–Kier alpha value is -1.57. The van der Waals surface area contributed by atoms with Crippen molar-refractivity contribution in [3.8, 4) is 0 Å². The maximum atomic E-state index is 11.2. The first-order valence-corrected chi connectivity index (χ1v) is 5.85. The number of allylic oxidation sites excluding steroid dienone is 1. The molecular weight excluding hydrogens is 212 g/mol. The highest BCUT2D eigenvalue weighted by atomic mass is 16.4. The molecule has 0 aliphatic rings. The molecule has 0 aliphatic heterocycles. The molecule has 1 rings (SSSR count). The van der Waals surface area contributed by atoms with Crippen molar-refractivity contribution >= 4 is 12.0 Å². The molecule has 17 heavy (non-hydrogen) atoms. The van der Waals surface area contributed by atoms with Gasteiger partial charge in [-0.15, -0.1) is 0 Å². The molecule has 0 aromatic heterocycles. The Bertz CT molecular complexity index is 385. The summed E-state index contributed by atoms with van der Waals surface area (Å²) in [4.78, 5) is 11.2. The number of carboxylic acid groups (broad SMARTS) is 1. The summed E-state index contributed by atoms with van der Waals surface area (Å²) in [5.74, 6) is -1.07. The second kappa shape index (κ2) is 5.67. The Morgan fingerprint density at radius 1 is 1.29 bits per heavy atom. The van der Waals surface area contributed by atoms with Gasteiger partial charge in [0.1, 0.15) is 0 Å². The van der Waals surface area contributed by atoms with Gasteiger partial charge < -0.3 is 5.11 Å². The molecule has 1 atom stereocenters. The maximum Gasteiger partial charge on any atom is 0.307 e. The van der Waals surface area contributed by atoms with E-state index in [-0.39, 0.29) is 11.3 Å². The van der Waals surface area contributed by atoms with Gasteiger partial charge in [0.15, 0.2) is 0 Å². The van der Waals surface area contributed by atoms with E-state index in [1.54, 1.807) is 0 Å². The monoisotopic (exact) mass is 232 g/mol. The Kier molecular flexibility index (Phi) is 4.50. The standard InChI is InChI=1S/C15H20O2/c1-15(2,3)13(14(16)17)11-7-10-12-8-5-4-6-9-12/h4-10,13H,11H2,1-3H3,(H,16,17)/b10-7+. The van der Waals surface area contributed by atoms with Crippen molar-refractivity contribution < 1.29 is 9.90 Å². The minimum atomic E-state index is -0.727. The molecule has 1 N–H and O–H groups in total. The predicted molar refractivity (Wildman–Crippen MR) is 70.7 cm³/mol. The third-order valence-corrected chi connectivity index (χ3v) is 2.83. The Labute approximate surface area is 103 Å². The highest BCUT2D eigenvalue weighted by Crippen LogP contribution is 2.29. The van der Waals surface area contributed by atoms with Gasteiger partial charge in [0.2, 0.25) is 0 Å². The van der Waals surface area contributed by atoms with Gasteiger partial charge in [-0.2, -0.15) is 0 Å². The fraction of sp³-hybridized carbons (Fsp3) is 0.400. The van der Waals surface area contributed by atoms with Gasteiger partial charge in [-0.3, -0.25) is 4.79 Å². The average Bonchev–Trinajstić information content (AvgIpc) is 2.23. The molecule has 2 nitrogen and oxygen atoms in total. The fourth-order valence-electron chi connectivity index (χ4n) is 1.73. The normalized spacial score (nSPS) is 13.8. The molecule has 1 aromatic rings. The Morgan fingerprint density at radius 2 is 1.88 bits per heavy atom. The van der Waals surface area contributed by atoms with E-state index in [0.29, 0.717) is 6.42 Å². The number of hydrogen-bond donors (Lipinski definition) is 1. The van der Waals surface area contributed by atoms with Gasteiger partial charge in [0, 0.05) is 0 Å². The number of benzene rings is 1. The first-order chi connectivity index (χ1) is 7.91. The van der Waals surface area contributed by atoms with E-state index in [1.807, 2.05) is 63.3 Å². The lowest BCUT2D eigenvalue weighted by Gasteiger charge is -2.25. The van der Waals surface area contributed by atoms with Crippen LogP contribution in [-0.2, 0) is 4.79 Å². The molecule has 0 spiro atoms. The summed E-state index contributed by atoms with van der Waals surface area (Å²) < 4.78 is 0. The smallest absolute Gasteiger partial charge is 0.307 e. The van der Waals surface area contributed by atoms with Crippen LogP contribution in [0.2, 0.25) is 0 Å². The van der Waals surface area contributed by atoms with Crippen molar-refractivity contribution in [1.82, 2.24) is 0 Å². The van der Waals surface area contributed by atoms with Gasteiger partial charge in [-0.05, 0) is 17.4 Å². The number of carboxylic acids is 1. The molecule has 0 bridgehead atoms. The second-order valence-corrected chi connectivity index (χ2v) is 5.31. The van der Waals surface area contributed by atoms with E-state index in [9.17, 15) is 9.90 Å². The molecule has 0 fully saturated rings. The van der Waals surface area contributed by atoms with Gasteiger partial charge in [0.05, 0.1) is 5.92 Å². The van der Waals surface area contributed by atoms with Crippen LogP contribution in [0, 0.1) is 11.3 Å². The first kappa shape index (κ1) is 13.5. The predicted octanol–water partition coefficient (Wildman–Crippen LogP) is 3.84. The summed E-state index contributed by atoms with van der Waals surface area (Å²) in [6.07, 6.45) is 4.48. The van der Waals surface area contributed by atoms with Crippen LogP contribution in [-0.4, -0.2) is 11.1 Å². The largest absolute Gasteiger partial charge is 0.481 e. The summed E-state index contributed by atoms with van der Waals surface area (Å²) in [5.41, 5.74) is 0.887. The van der Waals surface area contributed by atoms with E-state index >= 15 is 0 Å². The van der Waals surface area contributed by atoms with Crippen LogP contribution in [0.3, 0.4) is 0 Å². The minimum Gasteiger partial charge on any atom is -0.481 e. The van der Waals surface area contributed by atoms with Crippen molar-refractivity contribution in [2.75, 3.05) is 0 Å². The van der Waals surface area contributed by atoms with Crippen molar-refractivity contribution in [2.24, 2.45) is 11.3 Å². The van der Waals surface area contributed by atoms with Gasteiger partial charge in [0.25, 0.3) is 0 Å². The zero-order valence-electron chi connectivity index (χ0n) is 10.7. The van der Waals surface area contributed by atoms with E-state index < -0.39 is 5.97 Å². The van der Waals surface area contributed by atoms with Crippen LogP contribution >= 0.6 is 0 Å². The molecule has 0 amide bonds. The quantitative estimate of drug-likeness (QED) is 0.856. The van der Waals surface area contributed by atoms with Crippen LogP contribution in [0.4, 0.5) is 0 Å². The summed E-state index contributed by atoms with van der Waals surface area (Å²) in [6, 6.07) is 9.91. The van der Waals surface area contributed by atoms with E-state index in [0.717, 1.165) is 5.56 Å². The van der Waals surface area contributed by atoms with Crippen LogP contribution in [0.15, 0.2) is 36.4 Å². The molecule has 1 aromatic carbocycles. The molecule has 0 aliphatic carbocycles. The summed E-state index contributed by atoms with van der Waals surface area (Å²) in [7, 11) is 0.